The third-order valence-electron chi connectivity index (χ3n) is 32.6. The molecule has 2 aliphatic heterocycles. The molecule has 14 aliphatic carbocycles. The molecule has 94 heavy (non-hydrogen) atoms. The SMILES string of the molecule is CC.CC.CC.CC.CC.CC.CC(C)C12CC(C(C)C)(C1)C2.CC(C)C12CCC(C(C)(C)C)(C1)C2.CC(C)C12CCC(C(C)(C)C)(CC1)CC2.CC(C)C12CCC(C(C)C)(CC1)C2.CC(C)C12CCC(C(C)C)(CC1)N(C)C2=O.CC(C)C12CCCC(C(C)C)(CC1)C2. The maximum absolute atomic E-state index is 12.6. The molecule has 0 aromatic heterocycles. The van der Waals surface area contributed by atoms with Crippen LogP contribution in [0.1, 0.15) is 443 Å². The summed E-state index contributed by atoms with van der Waals surface area (Å²) in [5.74, 6) is 8.78. The molecule has 562 valence electrons. The molecule has 16 fully saturated rings. The molecule has 0 N–H and O–H groups in total. The van der Waals surface area contributed by atoms with Gasteiger partial charge in [0.05, 0.1) is 5.41 Å². The molecule has 0 aromatic carbocycles. The predicted octanol–water partition coefficient (Wildman–Crippen LogP) is 30.9. The third kappa shape index (κ3) is 17.6. The minimum absolute atomic E-state index is 0.0363. The van der Waals surface area contributed by atoms with Crippen molar-refractivity contribution in [3.63, 3.8) is 0 Å². The van der Waals surface area contributed by atoms with Crippen LogP contribution in [-0.4, -0.2) is 23.4 Å². The van der Waals surface area contributed by atoms with Gasteiger partial charge in [-0.25, -0.2) is 0 Å². The van der Waals surface area contributed by atoms with E-state index in [1.807, 2.05) is 90.1 Å². The number of amides is 1. The van der Waals surface area contributed by atoms with Crippen LogP contribution in [0.15, 0.2) is 0 Å². The number of hydrogen-bond donors (Lipinski definition) is 0. The molecule has 2 nitrogen and oxygen atoms in total. The Bertz CT molecular complexity index is 2010. The van der Waals surface area contributed by atoms with Gasteiger partial charge in [0.1, 0.15) is 0 Å². The molecular formula is C92H183NO. The first-order valence-electron chi connectivity index (χ1n) is 42.8. The standard InChI is InChI=1S/C15H28.C14H25NO.C14H26.2C13H24.C11H20.6C2H6/c1-12(2)14-6-9-15(10-7-14,11-8-14)13(3,4)5;1-10(2)13-6-8-14(9-7-13,11(3)4)15(5)12(13)16;1-11(2)13-6-5-7-14(10-13,9-8-13)12(3)4;1-10(2)12-6-7-13(8-12,9-12)11(3,4)5;1-10(2)12-5-7-13(9-12,8-6-12)11(3)4;1-8(2)10-5-11(6-10,7-10)9(3)4;6*1-2/h12H,6-11H2,1-5H3;10-11H,6-9H2,1-5H3;11-12H,5-10H2,1-4H3;10H,6-9H2,1-5H3;10-11H,5-9H2,1-4H3;8-9H,5-7H2,1-4H3;6*1-2H3. The van der Waals surface area contributed by atoms with E-state index in [2.05, 4.69) is 185 Å². The average molecular weight is 1320 g/mol. The summed E-state index contributed by atoms with van der Waals surface area (Å²) in [5.41, 5.74) is 8.69. The molecule has 2 heteroatoms. The van der Waals surface area contributed by atoms with Crippen molar-refractivity contribution < 1.29 is 4.79 Å². The van der Waals surface area contributed by atoms with Crippen molar-refractivity contribution in [3.8, 4) is 0 Å². The molecular weight excluding hydrogens is 1140 g/mol. The lowest BCUT2D eigenvalue weighted by Gasteiger charge is -2.75. The minimum atomic E-state index is -0.0363. The smallest absolute Gasteiger partial charge is 0.229 e. The Labute approximate surface area is 597 Å². The van der Waals surface area contributed by atoms with E-state index in [0.717, 1.165) is 109 Å². The Morgan fingerprint density at radius 1 is 0.255 bits per heavy atom. The summed E-state index contributed by atoms with van der Waals surface area (Å²) >= 11 is 0. The van der Waals surface area contributed by atoms with Crippen LogP contribution in [0.5, 0.6) is 0 Å². The highest BCUT2D eigenvalue weighted by Crippen LogP contribution is 2.79. The van der Waals surface area contributed by atoms with E-state index in [-0.39, 0.29) is 11.0 Å². The second-order valence-corrected chi connectivity index (χ2v) is 39.2. The van der Waals surface area contributed by atoms with Crippen LogP contribution in [0.4, 0.5) is 0 Å². The number of carbonyl (C=O) groups excluding carboxylic acids is 1. The van der Waals surface area contributed by atoms with Crippen molar-refractivity contribution in [1.82, 2.24) is 4.90 Å². The maximum atomic E-state index is 12.6. The highest BCUT2D eigenvalue weighted by Gasteiger charge is 2.69. The van der Waals surface area contributed by atoms with E-state index in [4.69, 9.17) is 0 Å². The number of nitrogens with zero attached hydrogens (tertiary/aromatic N) is 1. The van der Waals surface area contributed by atoms with Crippen LogP contribution in [-0.2, 0) is 4.79 Å². The Morgan fingerprint density at radius 3 is 0.702 bits per heavy atom. The summed E-state index contributed by atoms with van der Waals surface area (Å²) in [4.78, 5) is 14.7. The molecule has 16 rings (SSSR count). The van der Waals surface area contributed by atoms with Crippen LogP contribution >= 0.6 is 0 Å². The first kappa shape index (κ1) is 91.5. The van der Waals surface area contributed by atoms with E-state index < -0.39 is 0 Å². The zero-order valence-corrected chi connectivity index (χ0v) is 72.9. The summed E-state index contributed by atoms with van der Waals surface area (Å²) in [7, 11) is 2.03. The van der Waals surface area contributed by atoms with E-state index in [1.54, 1.807) is 0 Å². The zero-order chi connectivity index (χ0) is 73.7. The lowest BCUT2D eigenvalue weighted by atomic mass is 9.30. The molecule has 16 aliphatic rings. The topological polar surface area (TPSA) is 20.3 Å². The van der Waals surface area contributed by atoms with E-state index in [1.165, 1.54) is 167 Å². The highest BCUT2D eigenvalue weighted by molar-refractivity contribution is 5.85. The highest BCUT2D eigenvalue weighted by atomic mass is 16.2. The normalized spacial score (nSPS) is 37.6. The molecule has 1 amide bonds. The van der Waals surface area contributed by atoms with Gasteiger partial charge < -0.3 is 4.90 Å². The fourth-order valence-corrected chi connectivity index (χ4v) is 23.1. The van der Waals surface area contributed by atoms with Gasteiger partial charge in [0.2, 0.25) is 5.91 Å². The Kier molecular flexibility index (Phi) is 34.6. The number of fused-ring (bicyclic) bond motifs is 11. The Balaban J connectivity index is 0.000000547. The van der Waals surface area contributed by atoms with Crippen molar-refractivity contribution in [2.75, 3.05) is 7.05 Å². The lowest BCUT2D eigenvalue weighted by Crippen LogP contribution is -2.67. The Morgan fingerprint density at radius 2 is 0.489 bits per heavy atom. The summed E-state index contributed by atoms with van der Waals surface area (Å²) < 4.78 is 0. The second kappa shape index (κ2) is 35.6. The maximum Gasteiger partial charge on any atom is 0.229 e. The molecule has 14 saturated carbocycles. The van der Waals surface area contributed by atoms with Crippen molar-refractivity contribution in [1.29, 1.82) is 0 Å². The fourth-order valence-electron chi connectivity index (χ4n) is 23.1. The monoisotopic (exact) mass is 1320 g/mol. The second-order valence-electron chi connectivity index (χ2n) is 39.2. The molecule has 2 atom stereocenters. The molecule has 2 heterocycles. The Hall–Kier alpha value is -0.530. The summed E-state index contributed by atoms with van der Waals surface area (Å²) in [6.45, 7) is 86.4. The molecule has 0 aromatic rings. The first-order chi connectivity index (χ1) is 43.5. The molecule has 2 saturated heterocycles. The van der Waals surface area contributed by atoms with Gasteiger partial charge in [0.25, 0.3) is 0 Å². The number of carbonyl (C=O) groups is 1. The number of hydrogen-bond acceptors (Lipinski definition) is 1. The third-order valence-corrected chi connectivity index (χ3v) is 32.6. The van der Waals surface area contributed by atoms with Crippen molar-refractivity contribution in [2.24, 2.45) is 130 Å². The van der Waals surface area contributed by atoms with Crippen LogP contribution < -0.4 is 0 Å². The summed E-state index contributed by atoms with van der Waals surface area (Å²) in [6.07, 6.45) is 40.9. The minimum Gasteiger partial charge on any atom is -0.339 e. The van der Waals surface area contributed by atoms with Gasteiger partial charge in [-0.1, -0.05) is 270 Å². The van der Waals surface area contributed by atoms with E-state index >= 15 is 0 Å². The van der Waals surface area contributed by atoms with Crippen LogP contribution in [0.25, 0.3) is 0 Å². The van der Waals surface area contributed by atoms with Gasteiger partial charge in [0, 0.05) is 12.6 Å². The van der Waals surface area contributed by atoms with Gasteiger partial charge in [0.15, 0.2) is 0 Å². The van der Waals surface area contributed by atoms with Crippen molar-refractivity contribution >= 4 is 5.91 Å². The predicted molar refractivity (Wildman–Crippen MR) is 427 cm³/mol. The summed E-state index contributed by atoms with van der Waals surface area (Å²) in [5, 5.41) is 0. The van der Waals surface area contributed by atoms with Gasteiger partial charge in [-0.05, 0) is 298 Å². The van der Waals surface area contributed by atoms with Gasteiger partial charge in [-0.2, -0.15) is 0 Å². The largest absolute Gasteiger partial charge is 0.339 e. The fraction of sp³-hybridized carbons (Fsp3) is 0.989. The zero-order valence-electron chi connectivity index (χ0n) is 72.9. The summed E-state index contributed by atoms with van der Waals surface area (Å²) in [6, 6.07) is 0. The first-order valence-corrected chi connectivity index (χ1v) is 42.8. The lowest BCUT2D eigenvalue weighted by molar-refractivity contribution is -0.252. The quantitative estimate of drug-likeness (QED) is 0.213. The van der Waals surface area contributed by atoms with Gasteiger partial charge >= 0.3 is 0 Å². The molecule has 12 bridgehead atoms. The van der Waals surface area contributed by atoms with Gasteiger partial charge in [-0.3, -0.25) is 4.79 Å². The molecule has 0 spiro atoms. The van der Waals surface area contributed by atoms with Crippen LogP contribution in [0.3, 0.4) is 0 Å². The van der Waals surface area contributed by atoms with E-state index in [0.29, 0.717) is 34.0 Å². The molecule has 0 radical (unpaired) electrons. The van der Waals surface area contributed by atoms with Crippen molar-refractivity contribution in [3.05, 3.63) is 0 Å². The molecule has 2 unspecified atom stereocenters. The van der Waals surface area contributed by atoms with Gasteiger partial charge in [-0.15, -0.1) is 0 Å². The number of piperidine rings is 2. The average Bonchev–Trinajstić information content (AvgIpc) is 1.09. The van der Waals surface area contributed by atoms with E-state index in [9.17, 15) is 4.79 Å². The van der Waals surface area contributed by atoms with Crippen LogP contribution in [0.2, 0.25) is 0 Å². The number of rotatable bonds is 10. The van der Waals surface area contributed by atoms with Crippen LogP contribution in [0, 0.1) is 130 Å². The van der Waals surface area contributed by atoms with Crippen molar-refractivity contribution in [2.45, 2.75) is 448 Å².